The summed E-state index contributed by atoms with van der Waals surface area (Å²) in [6.07, 6.45) is 0. The topological polar surface area (TPSA) is 0 Å². The van der Waals surface area contributed by atoms with Crippen molar-refractivity contribution in [1.82, 2.24) is 0 Å². The molecule has 0 heterocycles. The van der Waals surface area contributed by atoms with Gasteiger partial charge in [-0.2, -0.15) is 0 Å². The van der Waals surface area contributed by atoms with Crippen LogP contribution >= 0.6 is 0 Å². The number of hydrogen-bond donors (Lipinski definition) is 0. The van der Waals surface area contributed by atoms with Crippen molar-refractivity contribution in [3.63, 3.8) is 0 Å². The minimum atomic E-state index is 1.24. The van der Waals surface area contributed by atoms with Crippen LogP contribution in [0.15, 0.2) is 182 Å². The molecule has 0 aliphatic carbocycles. The summed E-state index contributed by atoms with van der Waals surface area (Å²) in [5.41, 5.74) is 10.0. The molecule has 0 saturated heterocycles. The Labute approximate surface area is 279 Å². The maximum atomic E-state index is 2.36. The number of benzene rings is 10. The summed E-state index contributed by atoms with van der Waals surface area (Å²) in [5.74, 6) is 0. The summed E-state index contributed by atoms with van der Waals surface area (Å²) in [7, 11) is 0. The first-order chi connectivity index (χ1) is 23.8. The Morgan fingerprint density at radius 1 is 0.208 bits per heavy atom. The van der Waals surface area contributed by atoms with Crippen LogP contribution in [0.4, 0.5) is 0 Å². The Bertz CT molecular complexity index is 2810. The normalized spacial score (nSPS) is 11.8. The monoisotopic (exact) mass is 606 g/mol. The molecule has 10 aromatic rings. The molecule has 0 aromatic heterocycles. The second-order valence-electron chi connectivity index (χ2n) is 12.9. The van der Waals surface area contributed by atoms with Crippen molar-refractivity contribution >= 4 is 53.9 Å². The first-order valence-corrected chi connectivity index (χ1v) is 16.7. The fraction of sp³-hybridized carbons (Fsp3) is 0. The van der Waals surface area contributed by atoms with Gasteiger partial charge < -0.3 is 0 Å². The Morgan fingerprint density at radius 3 is 1.15 bits per heavy atom. The minimum Gasteiger partial charge on any atom is -0.0616 e. The van der Waals surface area contributed by atoms with Crippen LogP contribution in [0.25, 0.3) is 98.4 Å². The van der Waals surface area contributed by atoms with Crippen molar-refractivity contribution in [3.8, 4) is 44.5 Å². The highest BCUT2D eigenvalue weighted by Gasteiger charge is 2.16. The van der Waals surface area contributed by atoms with Gasteiger partial charge >= 0.3 is 0 Å². The smallest absolute Gasteiger partial charge is 0.00203 e. The lowest BCUT2D eigenvalue weighted by Gasteiger charge is -2.17. The van der Waals surface area contributed by atoms with Crippen molar-refractivity contribution in [2.45, 2.75) is 0 Å². The number of rotatable bonds is 4. The van der Waals surface area contributed by atoms with Gasteiger partial charge in [0.05, 0.1) is 0 Å². The zero-order chi connectivity index (χ0) is 31.6. The van der Waals surface area contributed by atoms with Crippen molar-refractivity contribution in [3.05, 3.63) is 182 Å². The second-order valence-corrected chi connectivity index (χ2v) is 12.9. The van der Waals surface area contributed by atoms with Gasteiger partial charge in [0.15, 0.2) is 0 Å². The van der Waals surface area contributed by atoms with Crippen molar-refractivity contribution in [2.24, 2.45) is 0 Å². The van der Waals surface area contributed by atoms with E-state index in [2.05, 4.69) is 182 Å². The lowest BCUT2D eigenvalue weighted by molar-refractivity contribution is 1.62. The van der Waals surface area contributed by atoms with Gasteiger partial charge in [-0.05, 0) is 104 Å². The average Bonchev–Trinajstić information content (AvgIpc) is 3.16. The van der Waals surface area contributed by atoms with Gasteiger partial charge in [0.1, 0.15) is 0 Å². The summed E-state index contributed by atoms with van der Waals surface area (Å²) in [4.78, 5) is 0. The lowest BCUT2D eigenvalue weighted by Crippen LogP contribution is -1.90. The molecule has 0 N–H and O–H groups in total. The van der Waals surface area contributed by atoms with Gasteiger partial charge in [0.25, 0.3) is 0 Å². The molecule has 48 heavy (non-hydrogen) atoms. The molecular weight excluding hydrogens is 577 g/mol. The Balaban J connectivity index is 1.11. The molecule has 10 aromatic carbocycles. The molecular formula is C48H30. The third-order valence-corrected chi connectivity index (χ3v) is 10.2. The number of fused-ring (bicyclic) bond motifs is 2. The first kappa shape index (κ1) is 26.9. The molecule has 0 heteroatoms. The lowest BCUT2D eigenvalue weighted by atomic mass is 9.86. The van der Waals surface area contributed by atoms with Crippen LogP contribution in [0.1, 0.15) is 0 Å². The van der Waals surface area contributed by atoms with E-state index in [1.54, 1.807) is 0 Å². The molecule has 0 amide bonds. The van der Waals surface area contributed by atoms with E-state index in [-0.39, 0.29) is 0 Å². The largest absolute Gasteiger partial charge is 0.0616 e. The minimum absolute atomic E-state index is 1.24. The predicted octanol–water partition coefficient (Wildman–Crippen LogP) is 13.6. The van der Waals surface area contributed by atoms with E-state index < -0.39 is 0 Å². The van der Waals surface area contributed by atoms with E-state index in [1.165, 1.54) is 98.4 Å². The average molecular weight is 607 g/mol. The third kappa shape index (κ3) is 4.16. The van der Waals surface area contributed by atoms with Crippen molar-refractivity contribution in [2.75, 3.05) is 0 Å². The van der Waals surface area contributed by atoms with Gasteiger partial charge in [-0.3, -0.25) is 0 Å². The SMILES string of the molecule is c1cc(-c2cccc3ccccc23)cc(-c2ccc3ccc4ccc(-c5ccc(-c6cccc7ccccc67)cc5)c5ccc2c3c45)c1. The summed E-state index contributed by atoms with van der Waals surface area (Å²) in [6.45, 7) is 0. The van der Waals surface area contributed by atoms with Crippen molar-refractivity contribution < 1.29 is 0 Å². The van der Waals surface area contributed by atoms with E-state index in [9.17, 15) is 0 Å². The Hall–Kier alpha value is -6.24. The molecule has 10 rings (SSSR count). The molecule has 0 aliphatic rings. The van der Waals surface area contributed by atoms with E-state index >= 15 is 0 Å². The van der Waals surface area contributed by atoms with Gasteiger partial charge in [0, 0.05) is 0 Å². The van der Waals surface area contributed by atoms with E-state index in [1.807, 2.05) is 0 Å². The van der Waals surface area contributed by atoms with Crippen LogP contribution in [0, 0.1) is 0 Å². The van der Waals surface area contributed by atoms with E-state index in [4.69, 9.17) is 0 Å². The highest BCUT2D eigenvalue weighted by Crippen LogP contribution is 2.43. The Morgan fingerprint density at radius 2 is 0.604 bits per heavy atom. The molecule has 0 saturated carbocycles. The summed E-state index contributed by atoms with van der Waals surface area (Å²) in [6, 6.07) is 67.0. The zero-order valence-electron chi connectivity index (χ0n) is 26.3. The molecule has 0 nitrogen and oxygen atoms in total. The van der Waals surface area contributed by atoms with Crippen LogP contribution in [0.3, 0.4) is 0 Å². The Kier molecular flexibility index (Phi) is 5.98. The number of hydrogen-bond acceptors (Lipinski definition) is 0. The van der Waals surface area contributed by atoms with Crippen LogP contribution < -0.4 is 0 Å². The van der Waals surface area contributed by atoms with Crippen molar-refractivity contribution in [1.29, 1.82) is 0 Å². The summed E-state index contributed by atoms with van der Waals surface area (Å²) < 4.78 is 0. The molecule has 0 fully saturated rings. The molecule has 0 bridgehead atoms. The fourth-order valence-corrected chi connectivity index (χ4v) is 7.94. The van der Waals surface area contributed by atoms with Crippen LogP contribution in [0.5, 0.6) is 0 Å². The van der Waals surface area contributed by atoms with Gasteiger partial charge in [-0.25, -0.2) is 0 Å². The molecule has 222 valence electrons. The molecule has 0 atom stereocenters. The molecule has 0 radical (unpaired) electrons. The first-order valence-electron chi connectivity index (χ1n) is 16.7. The zero-order valence-corrected chi connectivity index (χ0v) is 26.3. The molecule has 0 unspecified atom stereocenters. The fourth-order valence-electron chi connectivity index (χ4n) is 7.94. The third-order valence-electron chi connectivity index (χ3n) is 10.2. The summed E-state index contributed by atoms with van der Waals surface area (Å²) in [5, 5.41) is 12.9. The van der Waals surface area contributed by atoms with Crippen LogP contribution in [-0.4, -0.2) is 0 Å². The maximum Gasteiger partial charge on any atom is -0.00203 e. The molecule has 0 aliphatic heterocycles. The maximum absolute atomic E-state index is 2.36. The van der Waals surface area contributed by atoms with Crippen LogP contribution in [-0.2, 0) is 0 Å². The highest BCUT2D eigenvalue weighted by molar-refractivity contribution is 6.27. The quantitative estimate of drug-likeness (QED) is 0.175. The van der Waals surface area contributed by atoms with Gasteiger partial charge in [-0.15, -0.1) is 0 Å². The van der Waals surface area contributed by atoms with Gasteiger partial charge in [-0.1, -0.05) is 176 Å². The standard InChI is InChI=1S/C48H30/c1-3-14-39-31(8-1)10-6-16-41(39)33-18-20-34(21-19-33)43-26-24-35-22-23-36-25-27-44(46-29-28-45(43)47(35)48(36)46)38-13-5-12-37(30-38)42-17-7-11-32-9-2-4-15-40(32)42/h1-30H. The highest BCUT2D eigenvalue weighted by atomic mass is 14.2. The van der Waals surface area contributed by atoms with Gasteiger partial charge in [0.2, 0.25) is 0 Å². The predicted molar refractivity (Wildman–Crippen MR) is 207 cm³/mol. The van der Waals surface area contributed by atoms with E-state index in [0.717, 1.165) is 0 Å². The van der Waals surface area contributed by atoms with Crippen LogP contribution in [0.2, 0.25) is 0 Å². The second kappa shape index (κ2) is 10.7. The van der Waals surface area contributed by atoms with E-state index in [0.29, 0.717) is 0 Å². The summed E-state index contributed by atoms with van der Waals surface area (Å²) >= 11 is 0. The molecule has 0 spiro atoms.